The van der Waals surface area contributed by atoms with Crippen LogP contribution in [-0.4, -0.2) is 60.1 Å². The van der Waals surface area contributed by atoms with Gasteiger partial charge >= 0.3 is 11.9 Å². The summed E-state index contributed by atoms with van der Waals surface area (Å²) in [5.41, 5.74) is 3.80. The summed E-state index contributed by atoms with van der Waals surface area (Å²) in [6.07, 6.45) is 7.06. The number of thiophene rings is 1. The summed E-state index contributed by atoms with van der Waals surface area (Å²) < 4.78 is 11.2. The number of nitrogens with zero attached hydrogens (tertiary/aromatic N) is 2. The number of amidine groups is 1. The molecule has 2 amide bonds. The quantitative estimate of drug-likeness (QED) is 0.0328. The minimum atomic E-state index is -1.59. The third-order valence-corrected chi connectivity index (χ3v) is 10.9. The molecule has 0 fully saturated rings. The van der Waals surface area contributed by atoms with Crippen LogP contribution in [0.5, 0.6) is 5.75 Å². The zero-order valence-electron chi connectivity index (χ0n) is 34.7. The van der Waals surface area contributed by atoms with Crippen LogP contribution in [-0.2, 0) is 37.6 Å². The number of ether oxygens (including phenoxy) is 2. The lowest BCUT2D eigenvalue weighted by atomic mass is 9.95. The van der Waals surface area contributed by atoms with Gasteiger partial charge < -0.3 is 25.2 Å². The molecule has 0 aliphatic carbocycles. The van der Waals surface area contributed by atoms with E-state index in [1.165, 1.54) is 37.0 Å². The van der Waals surface area contributed by atoms with E-state index in [9.17, 15) is 24.3 Å². The van der Waals surface area contributed by atoms with Gasteiger partial charge in [-0.05, 0) is 72.0 Å². The van der Waals surface area contributed by atoms with Crippen molar-refractivity contribution in [2.75, 3.05) is 6.61 Å². The Balaban J connectivity index is 1.46. The number of carboxylic acids is 1. The standard InChI is InChI=1S/C47H56N4O7S/c1-7-8-9-10-14-27-57-37-23-21-35(22-24-37)32(2)30-49-43(48-6)36-19-17-33(18-20-36)28-38(50-45(54)40-25-26-41(59-40)47(3,4)5)44(53)51-39(46(55)56)29-42(52)58-31-34-15-12-11-13-16-34/h11-13,15-26,30,38-39H,6-10,14,27-29,31H2,1-5H3,(H,50,54)(H,51,53)(H,55,56)/b32-30+,49-43-/t38-,39-/m0/s1. The Hall–Kier alpha value is -5.88. The monoisotopic (exact) mass is 820 g/mol. The Morgan fingerprint density at radius 3 is 2.14 bits per heavy atom. The lowest BCUT2D eigenvalue weighted by Gasteiger charge is -2.21. The maximum atomic E-state index is 13.8. The molecule has 59 heavy (non-hydrogen) atoms. The van der Waals surface area contributed by atoms with Crippen LogP contribution < -0.4 is 15.4 Å². The third kappa shape index (κ3) is 15.1. The molecule has 0 saturated carbocycles. The fraction of sp³-hybridized carbons (Fsp3) is 0.362. The van der Waals surface area contributed by atoms with E-state index in [4.69, 9.17) is 9.47 Å². The molecule has 3 aromatic carbocycles. The van der Waals surface area contributed by atoms with E-state index < -0.39 is 42.3 Å². The number of unbranched alkanes of at least 4 members (excludes halogenated alkanes) is 4. The smallest absolute Gasteiger partial charge is 0.326 e. The van der Waals surface area contributed by atoms with Crippen molar-refractivity contribution in [1.29, 1.82) is 0 Å². The molecular formula is C47H56N4O7S. The van der Waals surface area contributed by atoms with Gasteiger partial charge in [0.25, 0.3) is 5.91 Å². The minimum absolute atomic E-state index is 0.0196. The molecule has 1 aromatic heterocycles. The highest BCUT2D eigenvalue weighted by Gasteiger charge is 2.30. The van der Waals surface area contributed by atoms with E-state index in [0.717, 1.165) is 33.7 Å². The van der Waals surface area contributed by atoms with Crippen molar-refractivity contribution < 1.29 is 33.8 Å². The molecule has 0 bridgehead atoms. The van der Waals surface area contributed by atoms with Crippen molar-refractivity contribution in [3.05, 3.63) is 129 Å². The second-order valence-electron chi connectivity index (χ2n) is 15.3. The Kier molecular flexibility index (Phi) is 17.8. The largest absolute Gasteiger partial charge is 0.494 e. The normalized spacial score (nSPS) is 12.9. The van der Waals surface area contributed by atoms with Crippen LogP contribution >= 0.6 is 11.3 Å². The van der Waals surface area contributed by atoms with E-state index in [1.807, 2.05) is 64.1 Å². The molecule has 0 radical (unpaired) electrons. The average Bonchev–Trinajstić information content (AvgIpc) is 3.74. The summed E-state index contributed by atoms with van der Waals surface area (Å²) in [6.45, 7) is 14.6. The van der Waals surface area contributed by atoms with Crippen LogP contribution in [0.25, 0.3) is 5.57 Å². The van der Waals surface area contributed by atoms with Crippen LogP contribution in [0.2, 0.25) is 0 Å². The number of hydrogen-bond acceptors (Lipinski definition) is 8. The second-order valence-corrected chi connectivity index (χ2v) is 16.4. The summed E-state index contributed by atoms with van der Waals surface area (Å²) >= 11 is 1.32. The topological polar surface area (TPSA) is 156 Å². The Morgan fingerprint density at radius 2 is 1.51 bits per heavy atom. The lowest BCUT2D eigenvalue weighted by molar-refractivity contribution is -0.151. The van der Waals surface area contributed by atoms with Gasteiger partial charge in [-0.3, -0.25) is 14.4 Å². The molecule has 0 unspecified atom stereocenters. The lowest BCUT2D eigenvalue weighted by Crippen LogP contribution is -2.53. The van der Waals surface area contributed by atoms with E-state index in [1.54, 1.807) is 60.8 Å². The van der Waals surface area contributed by atoms with Crippen molar-refractivity contribution in [2.24, 2.45) is 9.98 Å². The number of carbonyl (C=O) groups is 4. The molecule has 312 valence electrons. The van der Waals surface area contributed by atoms with Crippen molar-refractivity contribution in [2.45, 2.75) is 104 Å². The highest BCUT2D eigenvalue weighted by atomic mass is 32.1. The second kappa shape index (κ2) is 22.9. The number of nitrogens with one attached hydrogen (secondary N) is 2. The molecule has 0 spiro atoms. The number of carboxylic acid groups (broad SMARTS) is 1. The maximum Gasteiger partial charge on any atom is 0.326 e. The van der Waals surface area contributed by atoms with Crippen molar-refractivity contribution in [1.82, 2.24) is 10.6 Å². The van der Waals surface area contributed by atoms with E-state index in [2.05, 4.69) is 34.3 Å². The predicted octanol–water partition coefficient (Wildman–Crippen LogP) is 8.95. The number of benzene rings is 3. The van der Waals surface area contributed by atoms with Gasteiger partial charge in [0.2, 0.25) is 5.91 Å². The van der Waals surface area contributed by atoms with Gasteiger partial charge in [0.1, 0.15) is 24.4 Å². The van der Waals surface area contributed by atoms with Crippen molar-refractivity contribution >= 4 is 53.2 Å². The van der Waals surface area contributed by atoms with E-state index in [0.29, 0.717) is 28.4 Å². The number of allylic oxidation sites excluding steroid dienone is 1. The molecule has 1 heterocycles. The molecular weight excluding hydrogens is 765 g/mol. The van der Waals surface area contributed by atoms with Gasteiger partial charge in [0.15, 0.2) is 5.84 Å². The summed E-state index contributed by atoms with van der Waals surface area (Å²) in [5, 5.41) is 15.2. The molecule has 12 heteroatoms. The van der Waals surface area contributed by atoms with Gasteiger partial charge in [-0.25, -0.2) is 14.8 Å². The summed E-state index contributed by atoms with van der Waals surface area (Å²) in [6, 6.07) is 24.8. The fourth-order valence-corrected chi connectivity index (χ4v) is 6.88. The Bertz CT molecular complexity index is 2070. The first-order chi connectivity index (χ1) is 28.3. The van der Waals surface area contributed by atoms with Crippen LogP contribution in [0.4, 0.5) is 0 Å². The number of rotatable bonds is 21. The Morgan fingerprint density at radius 1 is 0.831 bits per heavy atom. The van der Waals surface area contributed by atoms with Gasteiger partial charge in [-0.1, -0.05) is 120 Å². The highest BCUT2D eigenvalue weighted by Crippen LogP contribution is 2.29. The molecule has 0 saturated heterocycles. The average molecular weight is 821 g/mol. The van der Waals surface area contributed by atoms with Gasteiger partial charge in [0, 0.05) is 23.1 Å². The number of esters is 1. The maximum absolute atomic E-state index is 13.8. The molecule has 0 aliphatic rings. The van der Waals surface area contributed by atoms with Crippen LogP contribution in [0.3, 0.4) is 0 Å². The first kappa shape index (κ1) is 45.8. The van der Waals surface area contributed by atoms with Gasteiger partial charge in [0.05, 0.1) is 17.9 Å². The third-order valence-electron chi connectivity index (χ3n) is 9.43. The van der Waals surface area contributed by atoms with Gasteiger partial charge in [-0.15, -0.1) is 11.3 Å². The number of hydrogen-bond donors (Lipinski definition) is 3. The summed E-state index contributed by atoms with van der Waals surface area (Å²) in [4.78, 5) is 62.2. The minimum Gasteiger partial charge on any atom is -0.494 e. The first-order valence-electron chi connectivity index (χ1n) is 19.9. The van der Waals surface area contributed by atoms with Crippen molar-refractivity contribution in [3.8, 4) is 5.75 Å². The number of aliphatic carboxylic acids is 1. The van der Waals surface area contributed by atoms with E-state index in [-0.39, 0.29) is 18.4 Å². The van der Waals surface area contributed by atoms with Crippen LogP contribution in [0, 0.1) is 0 Å². The molecule has 4 aromatic rings. The SMILES string of the molecule is C=N/C(=N\C=C(/C)c1ccc(OCCCCCCC)cc1)c1ccc(C[C@H](NC(=O)c2ccc(C(C)(C)C)s2)C(=O)N[C@@H](CC(=O)OCc2ccccc2)C(=O)O)cc1. The molecule has 3 N–H and O–H groups in total. The fourth-order valence-electron chi connectivity index (χ4n) is 5.91. The zero-order chi connectivity index (χ0) is 42.8. The number of aliphatic imine (C=N–C) groups is 2. The zero-order valence-corrected chi connectivity index (χ0v) is 35.5. The first-order valence-corrected chi connectivity index (χ1v) is 20.8. The van der Waals surface area contributed by atoms with Gasteiger partial charge in [-0.2, -0.15) is 0 Å². The number of amides is 2. The summed E-state index contributed by atoms with van der Waals surface area (Å²) in [5.74, 6) is -2.25. The summed E-state index contributed by atoms with van der Waals surface area (Å²) in [7, 11) is 0. The molecule has 4 rings (SSSR count). The van der Waals surface area contributed by atoms with Crippen molar-refractivity contribution in [3.63, 3.8) is 0 Å². The van der Waals surface area contributed by atoms with E-state index >= 15 is 0 Å². The molecule has 11 nitrogen and oxygen atoms in total. The molecule has 2 atom stereocenters. The predicted molar refractivity (Wildman–Crippen MR) is 235 cm³/mol. The highest BCUT2D eigenvalue weighted by molar-refractivity contribution is 7.14. The van der Waals surface area contributed by atoms with Crippen LogP contribution in [0.1, 0.15) is 110 Å². The number of carbonyl (C=O) groups excluding carboxylic acids is 3. The molecule has 0 aliphatic heterocycles. The van der Waals surface area contributed by atoms with Crippen LogP contribution in [0.15, 0.2) is 107 Å². The Labute approximate surface area is 351 Å².